The van der Waals surface area contributed by atoms with E-state index in [2.05, 4.69) is 4.98 Å². The number of rotatable bonds is 2. The van der Waals surface area contributed by atoms with Crippen molar-refractivity contribution in [1.29, 1.82) is 0 Å². The molecule has 0 aliphatic rings. The summed E-state index contributed by atoms with van der Waals surface area (Å²) in [6, 6.07) is 3.46. The zero-order valence-electron chi connectivity index (χ0n) is 7.75. The minimum atomic E-state index is -4.45. The molecule has 7 nitrogen and oxygen atoms in total. The van der Waals surface area contributed by atoms with Crippen molar-refractivity contribution in [3.8, 4) is 0 Å². The summed E-state index contributed by atoms with van der Waals surface area (Å²) >= 11 is 0. The van der Waals surface area contributed by atoms with Gasteiger partial charge >= 0.3 is 0 Å². The first-order valence-electron chi connectivity index (χ1n) is 4.12. The number of hydrogen-bond acceptors (Lipinski definition) is 4. The number of aromatic nitrogens is 1. The van der Waals surface area contributed by atoms with Gasteiger partial charge in [-0.1, -0.05) is 0 Å². The van der Waals surface area contributed by atoms with Crippen LogP contribution >= 0.6 is 0 Å². The molecule has 0 aliphatic carbocycles. The highest BCUT2D eigenvalue weighted by Crippen LogP contribution is 2.28. The third-order valence-electron chi connectivity index (χ3n) is 2.11. The fourth-order valence-electron chi connectivity index (χ4n) is 1.42. The predicted molar refractivity (Wildman–Crippen MR) is 54.8 cm³/mol. The highest BCUT2D eigenvalue weighted by molar-refractivity contribution is 7.85. The first kappa shape index (κ1) is 10.6. The van der Waals surface area contributed by atoms with Gasteiger partial charge in [-0.2, -0.15) is 8.42 Å². The fraction of sp³-hybridized carbons (Fsp3) is 0. The molecule has 1 aromatic carbocycles. The summed E-state index contributed by atoms with van der Waals surface area (Å²) < 4.78 is 30.6. The molecule has 0 amide bonds. The number of H-pyrrole nitrogens is 1. The van der Waals surface area contributed by atoms with Crippen molar-refractivity contribution in [3.63, 3.8) is 0 Å². The maximum atomic E-state index is 10.9. The summed E-state index contributed by atoms with van der Waals surface area (Å²) in [5, 5.41) is 11.1. The van der Waals surface area contributed by atoms with E-state index in [1.165, 1.54) is 12.3 Å². The lowest BCUT2D eigenvalue weighted by Gasteiger charge is -1.99. The van der Waals surface area contributed by atoms with E-state index in [4.69, 9.17) is 4.55 Å². The van der Waals surface area contributed by atoms with Crippen LogP contribution in [0.3, 0.4) is 0 Å². The molecule has 0 atom stereocenters. The van der Waals surface area contributed by atoms with Crippen LogP contribution in [-0.2, 0) is 10.1 Å². The van der Waals surface area contributed by atoms with E-state index < -0.39 is 25.6 Å². The van der Waals surface area contributed by atoms with Crippen molar-refractivity contribution >= 4 is 26.7 Å². The number of nitrogens with one attached hydrogen (secondary N) is 1. The van der Waals surface area contributed by atoms with Gasteiger partial charge in [0.05, 0.1) is 4.92 Å². The Hall–Kier alpha value is -1.93. The quantitative estimate of drug-likeness (QED) is 0.468. The second kappa shape index (κ2) is 3.29. The molecule has 1 heterocycles. The van der Waals surface area contributed by atoms with Crippen LogP contribution in [0.1, 0.15) is 0 Å². The van der Waals surface area contributed by atoms with Gasteiger partial charge in [0.25, 0.3) is 15.8 Å². The van der Waals surface area contributed by atoms with Crippen molar-refractivity contribution < 1.29 is 17.9 Å². The molecule has 8 heteroatoms. The van der Waals surface area contributed by atoms with Crippen LogP contribution in [-0.4, -0.2) is 22.9 Å². The number of non-ortho nitro benzene ring substituents is 1. The van der Waals surface area contributed by atoms with Crippen LogP contribution in [0.25, 0.3) is 10.9 Å². The monoisotopic (exact) mass is 242 g/mol. The third-order valence-corrected chi connectivity index (χ3v) is 2.94. The van der Waals surface area contributed by atoms with E-state index in [-0.39, 0.29) is 5.52 Å². The average Bonchev–Trinajstić information content (AvgIpc) is 2.61. The number of hydrogen-bond donors (Lipinski definition) is 2. The number of aromatic amines is 1. The van der Waals surface area contributed by atoms with Crippen molar-refractivity contribution in [1.82, 2.24) is 4.98 Å². The summed E-state index contributed by atoms with van der Waals surface area (Å²) in [6.07, 6.45) is 1.45. The van der Waals surface area contributed by atoms with Crippen LogP contribution in [0, 0.1) is 10.1 Å². The van der Waals surface area contributed by atoms with Gasteiger partial charge in [-0.05, 0) is 12.1 Å². The Morgan fingerprint density at radius 3 is 2.62 bits per heavy atom. The van der Waals surface area contributed by atoms with Gasteiger partial charge < -0.3 is 4.98 Å². The van der Waals surface area contributed by atoms with Crippen molar-refractivity contribution in [2.75, 3.05) is 0 Å². The maximum Gasteiger partial charge on any atom is 0.294 e. The predicted octanol–water partition coefficient (Wildman–Crippen LogP) is 1.32. The van der Waals surface area contributed by atoms with Crippen LogP contribution in [0.4, 0.5) is 5.69 Å². The second-order valence-corrected chi connectivity index (χ2v) is 4.54. The molecule has 2 rings (SSSR count). The topological polar surface area (TPSA) is 113 Å². The zero-order chi connectivity index (χ0) is 11.9. The van der Waals surface area contributed by atoms with E-state index in [1.54, 1.807) is 0 Å². The lowest BCUT2D eigenvalue weighted by molar-refractivity contribution is -0.383. The molecule has 0 aliphatic heterocycles. The largest absolute Gasteiger partial charge is 0.356 e. The van der Waals surface area contributed by atoms with E-state index in [0.717, 1.165) is 12.1 Å². The number of nitro groups is 1. The minimum Gasteiger partial charge on any atom is -0.356 e. The van der Waals surface area contributed by atoms with Gasteiger partial charge in [0, 0.05) is 17.6 Å². The summed E-state index contributed by atoms with van der Waals surface area (Å²) in [6.45, 7) is 0. The molecule has 0 saturated heterocycles. The van der Waals surface area contributed by atoms with Gasteiger partial charge in [0.1, 0.15) is 10.4 Å². The Labute approximate surface area is 89.6 Å². The second-order valence-electron chi connectivity index (χ2n) is 3.12. The Bertz CT molecular complexity index is 673. The van der Waals surface area contributed by atoms with Gasteiger partial charge in [-0.25, -0.2) is 0 Å². The Balaban J connectivity index is 2.87. The normalized spacial score (nSPS) is 11.8. The minimum absolute atomic E-state index is 0.220. The summed E-state index contributed by atoms with van der Waals surface area (Å²) in [5.41, 5.74) is -0.174. The molecule has 0 spiro atoms. The zero-order valence-corrected chi connectivity index (χ0v) is 8.56. The fourth-order valence-corrected chi connectivity index (χ4v) is 1.95. The molecule has 1 aromatic heterocycles. The third kappa shape index (κ3) is 1.64. The van der Waals surface area contributed by atoms with Crippen LogP contribution in [0.15, 0.2) is 29.3 Å². The molecule has 0 bridgehead atoms. The number of benzene rings is 1. The Kier molecular flexibility index (Phi) is 2.17. The smallest absolute Gasteiger partial charge is 0.294 e. The molecule has 0 fully saturated rings. The lowest BCUT2D eigenvalue weighted by Crippen LogP contribution is -1.99. The number of nitrogens with zero attached hydrogens (tertiary/aromatic N) is 1. The highest BCUT2D eigenvalue weighted by atomic mass is 32.2. The van der Waals surface area contributed by atoms with Gasteiger partial charge in [-0.15, -0.1) is 0 Å². The van der Waals surface area contributed by atoms with Gasteiger partial charge in [0.2, 0.25) is 0 Å². The SMILES string of the molecule is O=[N+]([O-])c1cc(S(=O)(=O)O)cc2cc[nH]c12. The molecule has 16 heavy (non-hydrogen) atoms. The van der Waals surface area contributed by atoms with E-state index in [1.807, 2.05) is 0 Å². The van der Waals surface area contributed by atoms with E-state index >= 15 is 0 Å². The molecular weight excluding hydrogens is 236 g/mol. The Morgan fingerprint density at radius 2 is 2.06 bits per heavy atom. The number of nitro benzene ring substituents is 1. The number of fused-ring (bicyclic) bond motifs is 1. The molecule has 2 N–H and O–H groups in total. The maximum absolute atomic E-state index is 10.9. The van der Waals surface area contributed by atoms with Crippen LogP contribution in [0.2, 0.25) is 0 Å². The van der Waals surface area contributed by atoms with Gasteiger partial charge in [-0.3, -0.25) is 14.7 Å². The molecule has 0 unspecified atom stereocenters. The molecule has 0 radical (unpaired) electrons. The highest BCUT2D eigenvalue weighted by Gasteiger charge is 2.20. The van der Waals surface area contributed by atoms with E-state index in [9.17, 15) is 18.5 Å². The van der Waals surface area contributed by atoms with Crippen LogP contribution in [0.5, 0.6) is 0 Å². The Morgan fingerprint density at radius 1 is 1.38 bits per heavy atom. The van der Waals surface area contributed by atoms with Crippen molar-refractivity contribution in [2.45, 2.75) is 4.90 Å². The average molecular weight is 242 g/mol. The first-order valence-corrected chi connectivity index (χ1v) is 5.56. The van der Waals surface area contributed by atoms with Crippen LogP contribution < -0.4 is 0 Å². The summed E-state index contributed by atoms with van der Waals surface area (Å²) in [7, 11) is -4.45. The molecular formula is C8H6N2O5S. The van der Waals surface area contributed by atoms with Crippen molar-refractivity contribution in [2.24, 2.45) is 0 Å². The summed E-state index contributed by atoms with van der Waals surface area (Å²) in [5.74, 6) is 0. The molecule has 84 valence electrons. The standard InChI is InChI=1S/C8H6N2O5S/c11-10(12)7-4-6(16(13,14)15)3-5-1-2-9-8(5)7/h1-4,9H,(H,13,14,15). The molecule has 0 saturated carbocycles. The first-order chi connectivity index (χ1) is 7.39. The lowest BCUT2D eigenvalue weighted by atomic mass is 10.2. The molecule has 2 aromatic rings. The summed E-state index contributed by atoms with van der Waals surface area (Å²) in [4.78, 5) is 12.1. The van der Waals surface area contributed by atoms with Crippen molar-refractivity contribution in [3.05, 3.63) is 34.5 Å². The van der Waals surface area contributed by atoms with Gasteiger partial charge in [0.15, 0.2) is 0 Å². The van der Waals surface area contributed by atoms with E-state index in [0.29, 0.717) is 5.39 Å².